The largest absolute Gasteiger partial charge is 0.390 e. The summed E-state index contributed by atoms with van der Waals surface area (Å²) in [4.78, 5) is 2.34. The minimum atomic E-state index is -0.639. The molecule has 4 nitrogen and oxygen atoms in total. The fraction of sp³-hybridized carbons (Fsp3) is 0.550. The maximum Gasteiger partial charge on any atom is 0.117 e. The number of aliphatic hydroxyl groups is 1. The third kappa shape index (κ3) is 3.36. The predicted octanol–water partition coefficient (Wildman–Crippen LogP) is 3.31. The molecule has 2 saturated heterocycles. The molecule has 0 aromatic rings. The van der Waals surface area contributed by atoms with Gasteiger partial charge in [-0.25, -0.2) is 4.39 Å². The van der Waals surface area contributed by atoms with Crippen molar-refractivity contribution in [3.05, 3.63) is 47.5 Å². The number of hydrogen-bond donors (Lipinski definition) is 1. The van der Waals surface area contributed by atoms with Crippen molar-refractivity contribution in [2.45, 2.75) is 36.5 Å². The van der Waals surface area contributed by atoms with E-state index in [4.69, 9.17) is 5.26 Å². The summed E-state index contributed by atoms with van der Waals surface area (Å²) in [7, 11) is 0. The lowest BCUT2D eigenvalue weighted by molar-refractivity contribution is 0.132. The van der Waals surface area contributed by atoms with Gasteiger partial charge in [-0.05, 0) is 49.8 Å². The molecule has 0 aromatic carbocycles. The van der Waals surface area contributed by atoms with E-state index in [1.165, 1.54) is 11.8 Å². The van der Waals surface area contributed by atoms with Crippen LogP contribution in [0.1, 0.15) is 25.7 Å². The second-order valence-corrected chi connectivity index (χ2v) is 9.02. The van der Waals surface area contributed by atoms with Crippen LogP contribution in [-0.2, 0) is 0 Å². The lowest BCUT2D eigenvalue weighted by atomic mass is 9.94. The minimum absolute atomic E-state index is 0.146. The number of likely N-dealkylation sites (tertiary alicyclic amines) is 1. The summed E-state index contributed by atoms with van der Waals surface area (Å²) >= 11 is 1.80. The van der Waals surface area contributed by atoms with Crippen LogP contribution in [0.15, 0.2) is 47.5 Å². The summed E-state index contributed by atoms with van der Waals surface area (Å²) in [5, 5.41) is 19.8. The van der Waals surface area contributed by atoms with Gasteiger partial charge in [-0.3, -0.25) is 4.90 Å². The van der Waals surface area contributed by atoms with Gasteiger partial charge in [0.2, 0.25) is 0 Å². The van der Waals surface area contributed by atoms with Crippen LogP contribution in [0.4, 0.5) is 4.39 Å². The molecule has 2 aliphatic heterocycles. The number of hydrogen-bond acceptors (Lipinski definition) is 5. The Balaban J connectivity index is 1.40. The molecular weight excluding hydrogens is 349 g/mol. The minimum Gasteiger partial charge on any atom is -0.390 e. The second kappa shape index (κ2) is 7.22. The van der Waals surface area contributed by atoms with Gasteiger partial charge >= 0.3 is 0 Å². The van der Waals surface area contributed by atoms with E-state index in [0.717, 1.165) is 44.5 Å². The van der Waals surface area contributed by atoms with Gasteiger partial charge in [0.05, 0.1) is 23.5 Å². The molecule has 1 unspecified atom stereocenters. The SMILES string of the molecule is N#CC1CC(CN2CC[C@]3(C2)SN(C2=CC=CCC2)C[C@@H]3O)=CC=C1F. The summed E-state index contributed by atoms with van der Waals surface area (Å²) in [6.45, 7) is 3.20. The molecule has 0 bridgehead atoms. The molecule has 4 aliphatic rings. The summed E-state index contributed by atoms with van der Waals surface area (Å²) in [5.41, 5.74) is 2.41. The van der Waals surface area contributed by atoms with Crippen LogP contribution in [0.2, 0.25) is 0 Å². The van der Waals surface area contributed by atoms with Gasteiger partial charge in [0, 0.05) is 25.3 Å². The fourth-order valence-electron chi connectivity index (χ4n) is 4.23. The second-order valence-electron chi connectivity index (χ2n) is 7.58. The zero-order valence-electron chi connectivity index (χ0n) is 14.8. The average molecular weight is 373 g/mol. The first kappa shape index (κ1) is 17.8. The molecule has 0 aromatic heterocycles. The molecule has 26 heavy (non-hydrogen) atoms. The maximum absolute atomic E-state index is 13.6. The number of nitrogens with zero attached hydrogens (tertiary/aromatic N) is 3. The van der Waals surface area contributed by atoms with E-state index in [0.29, 0.717) is 13.0 Å². The van der Waals surface area contributed by atoms with Crippen molar-refractivity contribution < 1.29 is 9.50 Å². The first-order chi connectivity index (χ1) is 12.6. The molecule has 2 aliphatic carbocycles. The van der Waals surface area contributed by atoms with Crippen LogP contribution < -0.4 is 0 Å². The first-order valence-electron chi connectivity index (χ1n) is 9.27. The van der Waals surface area contributed by atoms with Gasteiger partial charge in [0.1, 0.15) is 11.7 Å². The van der Waals surface area contributed by atoms with Crippen molar-refractivity contribution in [2.75, 3.05) is 26.2 Å². The molecule has 138 valence electrons. The monoisotopic (exact) mass is 373 g/mol. The maximum atomic E-state index is 13.6. The zero-order valence-corrected chi connectivity index (χ0v) is 15.6. The highest BCUT2D eigenvalue weighted by molar-refractivity contribution is 7.98. The standard InChI is InChI=1S/C20H24FN3OS/c21-18-7-6-15(10-16(18)11-22)12-23-9-8-20(14-23)19(25)13-24(26-20)17-4-2-1-3-5-17/h1-2,4,6-7,16,19,25H,3,5,8-10,12-14H2/t16?,19-,20+/m0/s1. The van der Waals surface area contributed by atoms with Crippen LogP contribution in [0.3, 0.4) is 0 Å². The van der Waals surface area contributed by atoms with E-state index in [1.807, 2.05) is 12.1 Å². The van der Waals surface area contributed by atoms with Crippen molar-refractivity contribution in [1.82, 2.24) is 9.21 Å². The Morgan fingerprint density at radius 1 is 1.38 bits per heavy atom. The van der Waals surface area contributed by atoms with Gasteiger partial charge in [-0.1, -0.05) is 23.8 Å². The van der Waals surface area contributed by atoms with Crippen molar-refractivity contribution >= 4 is 11.9 Å². The molecular formula is C20H24FN3OS. The summed E-state index contributed by atoms with van der Waals surface area (Å²) in [5.74, 6) is -0.971. The zero-order chi connectivity index (χ0) is 18.1. The average Bonchev–Trinajstić information content (AvgIpc) is 3.21. The third-order valence-electron chi connectivity index (χ3n) is 5.75. The number of halogens is 1. The van der Waals surface area contributed by atoms with Crippen LogP contribution in [0.5, 0.6) is 0 Å². The highest BCUT2D eigenvalue weighted by Gasteiger charge is 2.51. The predicted molar refractivity (Wildman–Crippen MR) is 102 cm³/mol. The molecule has 6 heteroatoms. The van der Waals surface area contributed by atoms with Crippen LogP contribution in [0.25, 0.3) is 0 Å². The molecule has 3 atom stereocenters. The number of aliphatic hydroxyl groups excluding tert-OH is 1. The van der Waals surface area contributed by atoms with Gasteiger partial charge < -0.3 is 9.41 Å². The Hall–Kier alpha value is -1.55. The van der Waals surface area contributed by atoms with Crippen LogP contribution in [0, 0.1) is 17.2 Å². The molecule has 1 N–H and O–H groups in total. The molecule has 2 fully saturated rings. The Morgan fingerprint density at radius 3 is 3.04 bits per heavy atom. The normalized spacial score (nSPS) is 34.7. The third-order valence-corrected chi connectivity index (χ3v) is 7.33. The highest BCUT2D eigenvalue weighted by Crippen LogP contribution is 2.48. The van der Waals surface area contributed by atoms with Crippen molar-refractivity contribution in [1.29, 1.82) is 5.26 Å². The number of rotatable bonds is 3. The fourth-order valence-corrected chi connectivity index (χ4v) is 5.78. The van der Waals surface area contributed by atoms with Crippen molar-refractivity contribution in [3.8, 4) is 6.07 Å². The Morgan fingerprint density at radius 2 is 2.27 bits per heavy atom. The smallest absolute Gasteiger partial charge is 0.117 e. The van der Waals surface area contributed by atoms with Crippen LogP contribution in [-0.4, -0.2) is 51.3 Å². The summed E-state index contributed by atoms with van der Waals surface area (Å²) < 4.78 is 15.7. The van der Waals surface area contributed by atoms with E-state index in [9.17, 15) is 9.50 Å². The molecule has 0 amide bonds. The van der Waals surface area contributed by atoms with E-state index < -0.39 is 5.92 Å². The van der Waals surface area contributed by atoms with E-state index in [-0.39, 0.29) is 16.7 Å². The van der Waals surface area contributed by atoms with E-state index in [1.54, 1.807) is 11.9 Å². The van der Waals surface area contributed by atoms with E-state index >= 15 is 0 Å². The van der Waals surface area contributed by atoms with Crippen LogP contribution >= 0.6 is 11.9 Å². The Kier molecular flexibility index (Phi) is 4.96. The van der Waals surface area contributed by atoms with Gasteiger partial charge in [0.15, 0.2) is 0 Å². The number of β-amino-alcohol motifs (C(OH)–C–C–N with tert-alkyl or cyclic N) is 1. The topological polar surface area (TPSA) is 50.5 Å². The first-order valence-corrected chi connectivity index (χ1v) is 10.0. The Bertz CT molecular complexity index is 738. The molecule has 4 rings (SSSR count). The van der Waals surface area contributed by atoms with E-state index in [2.05, 4.69) is 27.4 Å². The van der Waals surface area contributed by atoms with Crippen molar-refractivity contribution in [3.63, 3.8) is 0 Å². The lowest BCUT2D eigenvalue weighted by Crippen LogP contribution is -2.39. The molecule has 2 heterocycles. The molecule has 1 spiro atoms. The van der Waals surface area contributed by atoms with Gasteiger partial charge in [-0.15, -0.1) is 0 Å². The quantitative estimate of drug-likeness (QED) is 0.769. The van der Waals surface area contributed by atoms with Gasteiger partial charge in [-0.2, -0.15) is 5.26 Å². The number of allylic oxidation sites excluding steroid dienone is 7. The molecule has 0 radical (unpaired) electrons. The highest BCUT2D eigenvalue weighted by atomic mass is 32.2. The summed E-state index contributed by atoms with van der Waals surface area (Å²) in [6.07, 6.45) is 12.9. The van der Waals surface area contributed by atoms with Crippen molar-refractivity contribution in [2.24, 2.45) is 5.92 Å². The van der Waals surface area contributed by atoms with Gasteiger partial charge in [0.25, 0.3) is 0 Å². The number of nitriles is 1. The molecule has 0 saturated carbocycles. The Labute approximate surface area is 158 Å². The summed E-state index contributed by atoms with van der Waals surface area (Å²) in [6, 6.07) is 2.04. The lowest BCUT2D eigenvalue weighted by Gasteiger charge is -2.28.